The lowest BCUT2D eigenvalue weighted by atomic mass is 9.89. The molecule has 0 radical (unpaired) electrons. The summed E-state index contributed by atoms with van der Waals surface area (Å²) in [5.41, 5.74) is 2.58. The first-order valence-electron chi connectivity index (χ1n) is 5.76. The summed E-state index contributed by atoms with van der Waals surface area (Å²) >= 11 is 0. The van der Waals surface area contributed by atoms with Gasteiger partial charge in [0.1, 0.15) is 0 Å². The second-order valence-corrected chi connectivity index (χ2v) is 4.73. The molecule has 1 N–H and O–H groups in total. The van der Waals surface area contributed by atoms with Crippen LogP contribution in [-0.4, -0.2) is 17.9 Å². The van der Waals surface area contributed by atoms with E-state index in [9.17, 15) is 4.79 Å². The van der Waals surface area contributed by atoms with Crippen LogP contribution in [0.5, 0.6) is 0 Å². The lowest BCUT2D eigenvalue weighted by Gasteiger charge is -2.25. The highest BCUT2D eigenvalue weighted by atomic mass is 16.1. The summed E-state index contributed by atoms with van der Waals surface area (Å²) in [7, 11) is 0. The minimum Gasteiger partial charge on any atom is -0.305 e. The molecule has 16 heavy (non-hydrogen) atoms. The van der Waals surface area contributed by atoms with E-state index in [1.54, 1.807) is 0 Å². The Morgan fingerprint density at radius 2 is 1.94 bits per heavy atom. The van der Waals surface area contributed by atoms with Crippen LogP contribution in [0.4, 0.5) is 0 Å². The van der Waals surface area contributed by atoms with Crippen molar-refractivity contribution >= 4 is 5.78 Å². The normalized spacial score (nSPS) is 11.6. The number of Topliss-reactive ketones (excluding diaryl/α,β-unsaturated/α-hetero) is 1. The maximum atomic E-state index is 12.4. The van der Waals surface area contributed by atoms with Crippen molar-refractivity contribution in [2.24, 2.45) is 0 Å². The Labute approximate surface area is 98.1 Å². The molecule has 0 saturated heterocycles. The van der Waals surface area contributed by atoms with Crippen LogP contribution in [0.15, 0.2) is 18.2 Å². The number of nitrogens with one attached hydrogen (secondary N) is 1. The highest BCUT2D eigenvalue weighted by Gasteiger charge is 2.28. The fourth-order valence-corrected chi connectivity index (χ4v) is 1.86. The third kappa shape index (κ3) is 2.50. The van der Waals surface area contributed by atoms with E-state index < -0.39 is 5.54 Å². The van der Waals surface area contributed by atoms with Gasteiger partial charge in [-0.15, -0.1) is 0 Å². The summed E-state index contributed by atoms with van der Waals surface area (Å²) in [6.45, 7) is 10.7. The van der Waals surface area contributed by atoms with Gasteiger partial charge in [0.05, 0.1) is 5.54 Å². The molecule has 0 bridgehead atoms. The first-order chi connectivity index (χ1) is 7.40. The minimum absolute atomic E-state index is 0.163. The van der Waals surface area contributed by atoms with Crippen LogP contribution in [0, 0.1) is 13.8 Å². The number of likely N-dealkylation sites (N-methyl/N-ethyl adjacent to an activating group) is 1. The molecule has 0 atom stereocenters. The summed E-state index contributed by atoms with van der Waals surface area (Å²) in [5.74, 6) is 0.163. The number of hydrogen-bond donors (Lipinski definition) is 1. The molecule has 1 aromatic rings. The van der Waals surface area contributed by atoms with Crippen LogP contribution in [0.25, 0.3) is 0 Å². The number of ketones is 1. The van der Waals surface area contributed by atoms with Gasteiger partial charge < -0.3 is 5.32 Å². The van der Waals surface area contributed by atoms with Crippen molar-refractivity contribution in [2.75, 3.05) is 6.54 Å². The monoisotopic (exact) mass is 219 g/mol. The van der Waals surface area contributed by atoms with Gasteiger partial charge in [0.2, 0.25) is 0 Å². The molecule has 2 heteroatoms. The lowest BCUT2D eigenvalue weighted by molar-refractivity contribution is 0.0883. The molecule has 88 valence electrons. The number of benzene rings is 1. The lowest BCUT2D eigenvalue weighted by Crippen LogP contribution is -2.46. The molecule has 0 saturated carbocycles. The Morgan fingerprint density at radius 1 is 1.31 bits per heavy atom. The quantitative estimate of drug-likeness (QED) is 0.789. The molecule has 0 heterocycles. The maximum Gasteiger partial charge on any atom is 0.182 e. The molecule has 0 aliphatic carbocycles. The van der Waals surface area contributed by atoms with E-state index in [2.05, 4.69) is 5.32 Å². The molecule has 0 fully saturated rings. The van der Waals surface area contributed by atoms with E-state index in [0.29, 0.717) is 0 Å². The topological polar surface area (TPSA) is 29.1 Å². The van der Waals surface area contributed by atoms with Gasteiger partial charge in [-0.3, -0.25) is 4.79 Å². The zero-order valence-corrected chi connectivity index (χ0v) is 10.8. The summed E-state index contributed by atoms with van der Waals surface area (Å²) in [6.07, 6.45) is 0. The van der Waals surface area contributed by atoms with E-state index in [4.69, 9.17) is 0 Å². The molecule has 1 rings (SSSR count). The average Bonchev–Trinajstić information content (AvgIpc) is 2.21. The van der Waals surface area contributed by atoms with E-state index in [1.807, 2.05) is 52.8 Å². The molecule has 1 aromatic carbocycles. The molecular weight excluding hydrogens is 198 g/mol. The zero-order valence-electron chi connectivity index (χ0n) is 10.8. The second-order valence-electron chi connectivity index (χ2n) is 4.73. The van der Waals surface area contributed by atoms with Gasteiger partial charge in [0.15, 0.2) is 5.78 Å². The van der Waals surface area contributed by atoms with E-state index in [0.717, 1.165) is 23.2 Å². The van der Waals surface area contributed by atoms with Crippen molar-refractivity contribution in [3.8, 4) is 0 Å². The molecule has 0 unspecified atom stereocenters. The highest BCUT2D eigenvalue weighted by Crippen LogP contribution is 2.19. The van der Waals surface area contributed by atoms with Gasteiger partial charge in [-0.05, 0) is 45.4 Å². The molecule has 0 amide bonds. The molecule has 0 spiro atoms. The maximum absolute atomic E-state index is 12.4. The Bertz CT molecular complexity index is 394. The number of rotatable bonds is 4. The van der Waals surface area contributed by atoms with Crippen LogP contribution >= 0.6 is 0 Å². The number of aryl methyl sites for hydroxylation is 1. The van der Waals surface area contributed by atoms with Crippen LogP contribution in [0.2, 0.25) is 0 Å². The smallest absolute Gasteiger partial charge is 0.182 e. The molecule has 0 aliphatic rings. The van der Waals surface area contributed by atoms with Crippen molar-refractivity contribution in [2.45, 2.75) is 40.2 Å². The summed E-state index contributed by atoms with van der Waals surface area (Å²) < 4.78 is 0. The van der Waals surface area contributed by atoms with Crippen LogP contribution in [-0.2, 0) is 0 Å². The summed E-state index contributed by atoms with van der Waals surface area (Å²) in [4.78, 5) is 12.4. The van der Waals surface area contributed by atoms with Crippen LogP contribution in [0.3, 0.4) is 0 Å². The largest absolute Gasteiger partial charge is 0.305 e. The van der Waals surface area contributed by atoms with Gasteiger partial charge in [-0.25, -0.2) is 0 Å². The van der Waals surface area contributed by atoms with Gasteiger partial charge in [0, 0.05) is 5.56 Å². The molecule has 0 aromatic heterocycles. The molecule has 2 nitrogen and oxygen atoms in total. The van der Waals surface area contributed by atoms with Crippen LogP contribution < -0.4 is 5.32 Å². The zero-order chi connectivity index (χ0) is 12.3. The average molecular weight is 219 g/mol. The number of hydrogen-bond acceptors (Lipinski definition) is 2. The molecule has 0 aliphatic heterocycles. The van der Waals surface area contributed by atoms with Crippen molar-refractivity contribution < 1.29 is 4.79 Å². The number of carbonyl (C=O) groups excluding carboxylic acids is 1. The predicted molar refractivity (Wildman–Crippen MR) is 68.0 cm³/mol. The van der Waals surface area contributed by atoms with Crippen molar-refractivity contribution in [1.82, 2.24) is 5.32 Å². The van der Waals surface area contributed by atoms with Gasteiger partial charge >= 0.3 is 0 Å². The highest BCUT2D eigenvalue weighted by molar-refractivity contribution is 6.04. The fourth-order valence-electron chi connectivity index (χ4n) is 1.86. The van der Waals surface area contributed by atoms with Gasteiger partial charge in [-0.1, -0.05) is 25.1 Å². The van der Waals surface area contributed by atoms with E-state index in [-0.39, 0.29) is 5.78 Å². The van der Waals surface area contributed by atoms with Crippen LogP contribution in [0.1, 0.15) is 42.3 Å². The van der Waals surface area contributed by atoms with Crippen molar-refractivity contribution in [3.05, 3.63) is 34.9 Å². The standard InChI is InChI=1S/C14H21NO/c1-6-15-14(4,5)13(16)12-9-7-8-10(2)11(12)3/h7-9,15H,6H2,1-5H3. The Balaban J connectivity index is 3.10. The van der Waals surface area contributed by atoms with E-state index in [1.165, 1.54) is 0 Å². The van der Waals surface area contributed by atoms with Gasteiger partial charge in [0.25, 0.3) is 0 Å². The number of carbonyl (C=O) groups is 1. The first-order valence-corrected chi connectivity index (χ1v) is 5.76. The Hall–Kier alpha value is -1.15. The van der Waals surface area contributed by atoms with E-state index >= 15 is 0 Å². The second kappa shape index (κ2) is 4.79. The first kappa shape index (κ1) is 12.9. The minimum atomic E-state index is -0.493. The van der Waals surface area contributed by atoms with Crippen molar-refractivity contribution in [3.63, 3.8) is 0 Å². The molecular formula is C14H21NO. The SMILES string of the molecule is CCNC(C)(C)C(=O)c1cccc(C)c1C. The third-order valence-corrected chi connectivity index (χ3v) is 3.04. The third-order valence-electron chi connectivity index (χ3n) is 3.04. The van der Waals surface area contributed by atoms with Crippen molar-refractivity contribution in [1.29, 1.82) is 0 Å². The summed E-state index contributed by atoms with van der Waals surface area (Å²) in [5, 5.41) is 3.22. The van der Waals surface area contributed by atoms with Gasteiger partial charge in [-0.2, -0.15) is 0 Å². The summed E-state index contributed by atoms with van der Waals surface area (Å²) in [6, 6.07) is 5.88. The predicted octanol–water partition coefficient (Wildman–Crippen LogP) is 2.87. The Morgan fingerprint density at radius 3 is 2.50 bits per heavy atom. The Kier molecular flexibility index (Phi) is 3.87. The fraction of sp³-hybridized carbons (Fsp3) is 0.500.